The van der Waals surface area contributed by atoms with Crippen LogP contribution in [0.4, 0.5) is 5.00 Å². The number of esters is 1. The van der Waals surface area contributed by atoms with Gasteiger partial charge in [0.15, 0.2) is 5.11 Å². The van der Waals surface area contributed by atoms with Crippen molar-refractivity contribution in [3.8, 4) is 0 Å². The molecule has 0 aliphatic rings. The number of thiophene rings is 1. The van der Waals surface area contributed by atoms with E-state index in [1.54, 1.807) is 19.2 Å². The second-order valence-corrected chi connectivity index (χ2v) is 4.52. The molecule has 5 nitrogen and oxygen atoms in total. The SMILES string of the molecule is COCCNC(=S)Nc1ccc(C(=O)OC)s1. The summed E-state index contributed by atoms with van der Waals surface area (Å²) >= 11 is 6.35. The second kappa shape index (κ2) is 7.21. The van der Waals surface area contributed by atoms with Crippen LogP contribution in [0.2, 0.25) is 0 Å². The maximum absolute atomic E-state index is 11.2. The van der Waals surface area contributed by atoms with Gasteiger partial charge in [-0.3, -0.25) is 0 Å². The number of thiocarbonyl (C=S) groups is 1. The molecule has 17 heavy (non-hydrogen) atoms. The van der Waals surface area contributed by atoms with E-state index in [0.717, 1.165) is 5.00 Å². The largest absolute Gasteiger partial charge is 0.465 e. The van der Waals surface area contributed by atoms with E-state index < -0.39 is 0 Å². The van der Waals surface area contributed by atoms with Crippen molar-refractivity contribution in [3.05, 3.63) is 17.0 Å². The molecule has 0 spiro atoms. The van der Waals surface area contributed by atoms with E-state index in [0.29, 0.717) is 23.1 Å². The lowest BCUT2D eigenvalue weighted by molar-refractivity contribution is 0.0606. The quantitative estimate of drug-likeness (QED) is 0.482. The number of carbonyl (C=O) groups excluding carboxylic acids is 1. The van der Waals surface area contributed by atoms with Crippen LogP contribution in [-0.4, -0.2) is 38.5 Å². The first-order chi connectivity index (χ1) is 8.17. The van der Waals surface area contributed by atoms with Crippen LogP contribution in [-0.2, 0) is 9.47 Å². The zero-order chi connectivity index (χ0) is 12.7. The van der Waals surface area contributed by atoms with Crippen molar-refractivity contribution in [3.63, 3.8) is 0 Å². The number of ether oxygens (including phenoxy) is 2. The molecule has 0 atom stereocenters. The smallest absolute Gasteiger partial charge is 0.348 e. The molecule has 2 N–H and O–H groups in total. The van der Waals surface area contributed by atoms with Gasteiger partial charge in [0.1, 0.15) is 4.88 Å². The minimum absolute atomic E-state index is 0.346. The average Bonchev–Trinajstić information content (AvgIpc) is 2.77. The van der Waals surface area contributed by atoms with Gasteiger partial charge in [0, 0.05) is 13.7 Å². The van der Waals surface area contributed by atoms with Crippen molar-refractivity contribution in [2.75, 3.05) is 32.7 Å². The molecule has 0 saturated heterocycles. The molecule has 1 aromatic heterocycles. The number of hydrogen-bond acceptors (Lipinski definition) is 5. The first-order valence-corrected chi connectivity index (χ1v) is 6.11. The molecule has 0 saturated carbocycles. The Morgan fingerprint density at radius 3 is 2.88 bits per heavy atom. The van der Waals surface area contributed by atoms with E-state index in [-0.39, 0.29) is 5.97 Å². The molecule has 0 aliphatic heterocycles. The van der Waals surface area contributed by atoms with E-state index in [2.05, 4.69) is 15.4 Å². The van der Waals surface area contributed by atoms with Gasteiger partial charge < -0.3 is 20.1 Å². The summed E-state index contributed by atoms with van der Waals surface area (Å²) in [6, 6.07) is 3.47. The number of rotatable bonds is 5. The van der Waals surface area contributed by atoms with Crippen LogP contribution < -0.4 is 10.6 Å². The van der Waals surface area contributed by atoms with Gasteiger partial charge in [0.25, 0.3) is 0 Å². The first-order valence-electron chi connectivity index (χ1n) is 4.89. The minimum atomic E-state index is -0.346. The molecular weight excluding hydrogens is 260 g/mol. The number of nitrogens with one attached hydrogen (secondary N) is 2. The number of anilines is 1. The number of carbonyl (C=O) groups is 1. The van der Waals surface area contributed by atoms with E-state index in [1.807, 2.05) is 0 Å². The lowest BCUT2D eigenvalue weighted by Gasteiger charge is -2.07. The molecule has 94 valence electrons. The zero-order valence-corrected chi connectivity index (χ0v) is 11.2. The Morgan fingerprint density at radius 1 is 1.47 bits per heavy atom. The third-order valence-corrected chi connectivity index (χ3v) is 3.05. The lowest BCUT2D eigenvalue weighted by Crippen LogP contribution is -2.30. The summed E-state index contributed by atoms with van der Waals surface area (Å²) in [5.41, 5.74) is 0. The van der Waals surface area contributed by atoms with Crippen LogP contribution in [0.25, 0.3) is 0 Å². The van der Waals surface area contributed by atoms with Crippen LogP contribution in [0.3, 0.4) is 0 Å². The number of hydrogen-bond donors (Lipinski definition) is 2. The van der Waals surface area contributed by atoms with Crippen LogP contribution in [0, 0.1) is 0 Å². The number of methoxy groups -OCH3 is 2. The zero-order valence-electron chi connectivity index (χ0n) is 9.61. The van der Waals surface area contributed by atoms with Crippen molar-refractivity contribution in [2.45, 2.75) is 0 Å². The molecule has 0 aromatic carbocycles. The average molecular weight is 274 g/mol. The Bertz CT molecular complexity index is 393. The van der Waals surface area contributed by atoms with E-state index >= 15 is 0 Å². The van der Waals surface area contributed by atoms with Gasteiger partial charge in [-0.25, -0.2) is 4.79 Å². The summed E-state index contributed by atoms with van der Waals surface area (Å²) in [4.78, 5) is 11.8. The first kappa shape index (κ1) is 13.9. The van der Waals surface area contributed by atoms with Crippen molar-refractivity contribution in [1.82, 2.24) is 5.32 Å². The molecule has 0 unspecified atom stereocenters. The molecule has 0 bridgehead atoms. The maximum Gasteiger partial charge on any atom is 0.348 e. The van der Waals surface area contributed by atoms with Crippen molar-refractivity contribution >= 4 is 39.6 Å². The summed E-state index contributed by atoms with van der Waals surface area (Å²) in [5, 5.41) is 7.24. The summed E-state index contributed by atoms with van der Waals surface area (Å²) in [7, 11) is 2.98. The second-order valence-electron chi connectivity index (χ2n) is 3.03. The molecule has 1 rings (SSSR count). The van der Waals surface area contributed by atoms with Crippen LogP contribution >= 0.6 is 23.6 Å². The minimum Gasteiger partial charge on any atom is -0.465 e. The molecular formula is C10H14N2O3S2. The monoisotopic (exact) mass is 274 g/mol. The van der Waals surface area contributed by atoms with E-state index in [4.69, 9.17) is 17.0 Å². The Balaban J connectivity index is 2.43. The predicted molar refractivity (Wildman–Crippen MR) is 71.8 cm³/mol. The fourth-order valence-corrected chi connectivity index (χ4v) is 2.14. The molecule has 0 aliphatic carbocycles. The third-order valence-electron chi connectivity index (χ3n) is 1.82. The molecule has 1 heterocycles. The summed E-state index contributed by atoms with van der Waals surface area (Å²) in [6.07, 6.45) is 0. The maximum atomic E-state index is 11.2. The van der Waals surface area contributed by atoms with Gasteiger partial charge in [0.05, 0.1) is 18.7 Å². The summed E-state index contributed by atoms with van der Waals surface area (Å²) in [5.74, 6) is -0.346. The van der Waals surface area contributed by atoms with Crippen molar-refractivity contribution < 1.29 is 14.3 Å². The lowest BCUT2D eigenvalue weighted by atomic mass is 10.5. The normalized spacial score (nSPS) is 9.76. The van der Waals surface area contributed by atoms with Gasteiger partial charge in [-0.05, 0) is 24.4 Å². The van der Waals surface area contributed by atoms with Gasteiger partial charge >= 0.3 is 5.97 Å². The fourth-order valence-electron chi connectivity index (χ4n) is 1.04. The molecule has 7 heteroatoms. The van der Waals surface area contributed by atoms with Crippen molar-refractivity contribution in [2.24, 2.45) is 0 Å². The fraction of sp³-hybridized carbons (Fsp3) is 0.400. The topological polar surface area (TPSA) is 59.6 Å². The van der Waals surface area contributed by atoms with E-state index in [9.17, 15) is 4.79 Å². The highest BCUT2D eigenvalue weighted by Gasteiger charge is 2.09. The Morgan fingerprint density at radius 2 is 2.24 bits per heavy atom. The van der Waals surface area contributed by atoms with Crippen molar-refractivity contribution in [1.29, 1.82) is 0 Å². The van der Waals surface area contributed by atoms with Gasteiger partial charge in [-0.15, -0.1) is 11.3 Å². The molecule has 0 radical (unpaired) electrons. The predicted octanol–water partition coefficient (Wildman–Crippen LogP) is 1.47. The summed E-state index contributed by atoms with van der Waals surface area (Å²) < 4.78 is 9.50. The van der Waals surface area contributed by atoms with Crippen LogP contribution in [0.15, 0.2) is 12.1 Å². The Labute approximate surface area is 109 Å². The van der Waals surface area contributed by atoms with E-state index in [1.165, 1.54) is 18.4 Å². The standard InChI is InChI=1S/C10H14N2O3S2/c1-14-6-5-11-10(16)12-8-4-3-7(17-8)9(13)15-2/h3-4H,5-6H2,1-2H3,(H2,11,12,16). The highest BCUT2D eigenvalue weighted by molar-refractivity contribution is 7.80. The molecule has 1 aromatic rings. The highest BCUT2D eigenvalue weighted by atomic mass is 32.1. The molecule has 0 amide bonds. The summed E-state index contributed by atoms with van der Waals surface area (Å²) in [6.45, 7) is 1.22. The highest BCUT2D eigenvalue weighted by Crippen LogP contribution is 2.22. The van der Waals surface area contributed by atoms with Gasteiger partial charge in [0.2, 0.25) is 0 Å². The Hall–Kier alpha value is -1.18. The van der Waals surface area contributed by atoms with Crippen LogP contribution in [0.1, 0.15) is 9.67 Å². The van der Waals surface area contributed by atoms with Gasteiger partial charge in [-0.1, -0.05) is 0 Å². The van der Waals surface area contributed by atoms with Gasteiger partial charge in [-0.2, -0.15) is 0 Å². The molecule has 0 fully saturated rings. The Kier molecular flexibility index (Phi) is 5.88. The van der Waals surface area contributed by atoms with Crippen LogP contribution in [0.5, 0.6) is 0 Å². The third kappa shape index (κ3) is 4.68.